The topological polar surface area (TPSA) is 59.6 Å². The average molecular weight is 324 g/mol. The first-order valence-corrected chi connectivity index (χ1v) is 6.94. The molecule has 5 nitrogen and oxygen atoms in total. The second-order valence-corrected chi connectivity index (χ2v) is 5.44. The lowest BCUT2D eigenvalue weighted by atomic mass is 10.2. The summed E-state index contributed by atoms with van der Waals surface area (Å²) in [7, 11) is 0. The molecule has 0 unspecified atom stereocenters. The van der Waals surface area contributed by atoms with Gasteiger partial charge in [-0.1, -0.05) is 15.9 Å². The van der Waals surface area contributed by atoms with E-state index in [2.05, 4.69) is 31.9 Å². The van der Waals surface area contributed by atoms with E-state index in [9.17, 15) is 4.79 Å². The monoisotopic (exact) mass is 323 g/mol. The first kappa shape index (κ1) is 12.3. The maximum atomic E-state index is 10.9. The van der Waals surface area contributed by atoms with Gasteiger partial charge in [-0.2, -0.15) is 0 Å². The zero-order chi connectivity index (χ0) is 13.4. The zero-order valence-corrected chi connectivity index (χ0v) is 11.9. The molecule has 2 N–H and O–H groups in total. The highest BCUT2D eigenvalue weighted by Crippen LogP contribution is 2.31. The smallest absolute Gasteiger partial charge is 0.407 e. The molecule has 1 fully saturated rings. The molecule has 1 amide bonds. The minimum Gasteiger partial charge on any atom is -0.465 e. The quantitative estimate of drug-likeness (QED) is 0.848. The van der Waals surface area contributed by atoms with E-state index in [1.807, 2.05) is 18.3 Å². The first-order valence-electron chi connectivity index (χ1n) is 6.15. The molecular weight excluding hydrogens is 310 g/mol. The van der Waals surface area contributed by atoms with Gasteiger partial charge in [0.1, 0.15) is 0 Å². The Morgan fingerprint density at radius 1 is 1.21 bits per heavy atom. The normalized spacial score (nSPS) is 16.1. The van der Waals surface area contributed by atoms with Gasteiger partial charge in [0.15, 0.2) is 0 Å². The van der Waals surface area contributed by atoms with Crippen LogP contribution in [0.2, 0.25) is 0 Å². The van der Waals surface area contributed by atoms with Crippen molar-refractivity contribution >= 4 is 38.6 Å². The molecule has 0 atom stereocenters. The predicted molar refractivity (Wildman–Crippen MR) is 77.8 cm³/mol. The molecule has 19 heavy (non-hydrogen) atoms. The Balaban J connectivity index is 1.88. The fraction of sp³-hybridized carbons (Fsp3) is 0.308. The van der Waals surface area contributed by atoms with Crippen molar-refractivity contribution in [2.75, 3.05) is 31.1 Å². The van der Waals surface area contributed by atoms with Crippen molar-refractivity contribution in [2.24, 2.45) is 0 Å². The van der Waals surface area contributed by atoms with Gasteiger partial charge in [-0.05, 0) is 18.2 Å². The summed E-state index contributed by atoms with van der Waals surface area (Å²) >= 11 is 3.54. The average Bonchev–Trinajstić information content (AvgIpc) is 2.89. The van der Waals surface area contributed by atoms with Gasteiger partial charge >= 0.3 is 6.09 Å². The highest BCUT2D eigenvalue weighted by molar-refractivity contribution is 9.10. The van der Waals surface area contributed by atoms with Gasteiger partial charge < -0.3 is 19.9 Å². The van der Waals surface area contributed by atoms with Crippen molar-refractivity contribution < 1.29 is 9.90 Å². The van der Waals surface area contributed by atoms with Crippen molar-refractivity contribution in [3.05, 3.63) is 28.9 Å². The third-order valence-electron chi connectivity index (χ3n) is 3.54. The van der Waals surface area contributed by atoms with E-state index >= 15 is 0 Å². The van der Waals surface area contributed by atoms with Crippen molar-refractivity contribution in [1.29, 1.82) is 0 Å². The lowest BCUT2D eigenvalue weighted by Gasteiger charge is -2.34. The number of H-pyrrole nitrogens is 1. The summed E-state index contributed by atoms with van der Waals surface area (Å²) in [5.41, 5.74) is 2.23. The fourth-order valence-electron chi connectivity index (χ4n) is 2.51. The highest BCUT2D eigenvalue weighted by atomic mass is 79.9. The Labute approximate surface area is 118 Å². The number of fused-ring (bicyclic) bond motifs is 1. The standard InChI is InChI=1S/C13H14BrN3O2/c14-10-1-2-11(12-9(10)3-4-15-12)16-5-7-17(8-6-16)13(18)19/h1-4,15H,5-8H2,(H,18,19). The molecule has 0 saturated carbocycles. The van der Waals surface area contributed by atoms with E-state index in [1.54, 1.807) is 0 Å². The van der Waals surface area contributed by atoms with Crippen LogP contribution in [0.5, 0.6) is 0 Å². The molecule has 1 aliphatic heterocycles. The second kappa shape index (κ2) is 4.77. The Kier molecular flexibility index (Phi) is 3.10. The first-order chi connectivity index (χ1) is 9.16. The number of piperazine rings is 1. The summed E-state index contributed by atoms with van der Waals surface area (Å²) in [6, 6.07) is 6.14. The molecule has 100 valence electrons. The number of nitrogens with one attached hydrogen (secondary N) is 1. The molecule has 0 spiro atoms. The van der Waals surface area contributed by atoms with Gasteiger partial charge in [0.05, 0.1) is 11.2 Å². The number of carbonyl (C=O) groups is 1. The number of benzene rings is 1. The number of aromatic nitrogens is 1. The number of carboxylic acid groups (broad SMARTS) is 1. The van der Waals surface area contributed by atoms with Gasteiger partial charge in [-0.25, -0.2) is 4.79 Å². The van der Waals surface area contributed by atoms with E-state index in [0.29, 0.717) is 13.1 Å². The molecule has 1 aromatic heterocycles. The minimum absolute atomic E-state index is 0.549. The van der Waals surface area contributed by atoms with Crippen molar-refractivity contribution in [3.63, 3.8) is 0 Å². The lowest BCUT2D eigenvalue weighted by molar-refractivity contribution is 0.142. The number of amides is 1. The number of nitrogens with zero attached hydrogens (tertiary/aromatic N) is 2. The highest BCUT2D eigenvalue weighted by Gasteiger charge is 2.22. The molecule has 1 aliphatic rings. The van der Waals surface area contributed by atoms with Crippen LogP contribution in [-0.4, -0.2) is 47.3 Å². The summed E-state index contributed by atoms with van der Waals surface area (Å²) in [5.74, 6) is 0. The molecule has 1 aromatic carbocycles. The molecule has 3 rings (SSSR count). The van der Waals surface area contributed by atoms with Crippen LogP contribution in [0.4, 0.5) is 10.5 Å². The maximum Gasteiger partial charge on any atom is 0.407 e. The summed E-state index contributed by atoms with van der Waals surface area (Å²) in [4.78, 5) is 17.9. The summed E-state index contributed by atoms with van der Waals surface area (Å²) in [6.07, 6.45) is 1.09. The summed E-state index contributed by atoms with van der Waals surface area (Å²) in [5, 5.41) is 10.1. The van der Waals surface area contributed by atoms with Crippen molar-refractivity contribution in [3.8, 4) is 0 Å². The summed E-state index contributed by atoms with van der Waals surface area (Å²) < 4.78 is 1.07. The van der Waals surface area contributed by atoms with E-state index in [1.165, 1.54) is 4.90 Å². The van der Waals surface area contributed by atoms with E-state index in [0.717, 1.165) is 34.2 Å². The van der Waals surface area contributed by atoms with Crippen molar-refractivity contribution in [1.82, 2.24) is 9.88 Å². The van der Waals surface area contributed by atoms with Gasteiger partial charge in [0.25, 0.3) is 0 Å². The Morgan fingerprint density at radius 3 is 2.63 bits per heavy atom. The van der Waals surface area contributed by atoms with Gasteiger partial charge in [-0.15, -0.1) is 0 Å². The van der Waals surface area contributed by atoms with E-state index in [-0.39, 0.29) is 0 Å². The Morgan fingerprint density at radius 2 is 1.95 bits per heavy atom. The van der Waals surface area contributed by atoms with Crippen LogP contribution in [0.1, 0.15) is 0 Å². The summed E-state index contributed by atoms with van der Waals surface area (Å²) in [6.45, 7) is 2.55. The van der Waals surface area contributed by atoms with Crippen LogP contribution in [0.15, 0.2) is 28.9 Å². The molecule has 0 aliphatic carbocycles. The van der Waals surface area contributed by atoms with E-state index < -0.39 is 6.09 Å². The number of anilines is 1. The molecule has 2 heterocycles. The Bertz CT molecular complexity index is 617. The van der Waals surface area contributed by atoms with Crippen LogP contribution < -0.4 is 4.90 Å². The minimum atomic E-state index is -0.833. The van der Waals surface area contributed by atoms with Crippen LogP contribution in [-0.2, 0) is 0 Å². The van der Waals surface area contributed by atoms with Crippen LogP contribution in [0, 0.1) is 0 Å². The molecule has 2 aromatic rings. The number of aromatic amines is 1. The molecule has 0 bridgehead atoms. The Hall–Kier alpha value is -1.69. The SMILES string of the molecule is O=C(O)N1CCN(c2ccc(Br)c3cc[nH]c23)CC1. The maximum absolute atomic E-state index is 10.9. The number of hydrogen-bond donors (Lipinski definition) is 2. The second-order valence-electron chi connectivity index (χ2n) is 4.59. The van der Waals surface area contributed by atoms with E-state index in [4.69, 9.17) is 5.11 Å². The van der Waals surface area contributed by atoms with Gasteiger partial charge in [0, 0.05) is 42.2 Å². The third kappa shape index (κ3) is 2.16. The molecule has 1 saturated heterocycles. The molecule has 0 radical (unpaired) electrons. The number of hydrogen-bond acceptors (Lipinski definition) is 2. The third-order valence-corrected chi connectivity index (χ3v) is 4.23. The van der Waals surface area contributed by atoms with Crippen LogP contribution in [0.3, 0.4) is 0 Å². The van der Waals surface area contributed by atoms with Crippen molar-refractivity contribution in [2.45, 2.75) is 0 Å². The lowest BCUT2D eigenvalue weighted by Crippen LogP contribution is -2.48. The zero-order valence-electron chi connectivity index (χ0n) is 10.3. The number of halogens is 1. The van der Waals surface area contributed by atoms with Crippen LogP contribution in [0.25, 0.3) is 10.9 Å². The molecular formula is C13H14BrN3O2. The fourth-order valence-corrected chi connectivity index (χ4v) is 2.97. The number of rotatable bonds is 1. The molecule has 6 heteroatoms. The largest absolute Gasteiger partial charge is 0.465 e. The van der Waals surface area contributed by atoms with Crippen LogP contribution >= 0.6 is 15.9 Å². The van der Waals surface area contributed by atoms with Gasteiger partial charge in [-0.3, -0.25) is 0 Å². The van der Waals surface area contributed by atoms with Gasteiger partial charge in [0.2, 0.25) is 0 Å². The predicted octanol–water partition coefficient (Wildman–Crippen LogP) is 2.73.